The molecule has 0 saturated carbocycles. The van der Waals surface area contributed by atoms with Crippen molar-refractivity contribution in [3.63, 3.8) is 0 Å². The fourth-order valence-electron chi connectivity index (χ4n) is 3.53. The lowest BCUT2D eigenvalue weighted by Gasteiger charge is -2.28. The first-order valence-corrected chi connectivity index (χ1v) is 10.4. The Morgan fingerprint density at radius 2 is 1.74 bits per heavy atom. The minimum atomic E-state index is -0.276. The summed E-state index contributed by atoms with van der Waals surface area (Å²) in [6, 6.07) is 20.8. The van der Waals surface area contributed by atoms with Crippen molar-refractivity contribution >= 4 is 11.4 Å². The Hall–Kier alpha value is -3.25. The van der Waals surface area contributed by atoms with Crippen molar-refractivity contribution in [1.82, 2.24) is 0 Å². The number of methoxy groups -OCH3 is 1. The molecule has 1 N–H and O–H groups in total. The van der Waals surface area contributed by atoms with E-state index >= 15 is 0 Å². The summed E-state index contributed by atoms with van der Waals surface area (Å²) in [6.07, 6.45) is 0. The zero-order valence-electron chi connectivity index (χ0n) is 17.6. The molecular formula is C25H27FN2O3. The normalized spacial score (nSPS) is 13.7. The smallest absolute Gasteiger partial charge is 0.161 e. The maximum absolute atomic E-state index is 13.8. The highest BCUT2D eigenvalue weighted by Crippen LogP contribution is 2.29. The summed E-state index contributed by atoms with van der Waals surface area (Å²) >= 11 is 0. The first-order valence-electron chi connectivity index (χ1n) is 10.4. The second kappa shape index (κ2) is 10.2. The molecule has 6 heteroatoms. The number of anilines is 2. The van der Waals surface area contributed by atoms with Gasteiger partial charge in [-0.05, 0) is 48.0 Å². The molecular weight excluding hydrogens is 395 g/mol. The van der Waals surface area contributed by atoms with Crippen LogP contribution in [0.4, 0.5) is 15.8 Å². The van der Waals surface area contributed by atoms with Gasteiger partial charge in [0.25, 0.3) is 0 Å². The van der Waals surface area contributed by atoms with E-state index in [1.165, 1.54) is 11.8 Å². The van der Waals surface area contributed by atoms with Crippen molar-refractivity contribution < 1.29 is 18.6 Å². The number of rotatable bonds is 8. The van der Waals surface area contributed by atoms with Crippen molar-refractivity contribution in [1.29, 1.82) is 0 Å². The Morgan fingerprint density at radius 3 is 2.48 bits per heavy atom. The zero-order chi connectivity index (χ0) is 21.5. The molecule has 1 saturated heterocycles. The molecule has 4 rings (SSSR count). The van der Waals surface area contributed by atoms with Gasteiger partial charge in [-0.3, -0.25) is 0 Å². The maximum Gasteiger partial charge on any atom is 0.161 e. The van der Waals surface area contributed by atoms with Gasteiger partial charge in [0.15, 0.2) is 11.5 Å². The van der Waals surface area contributed by atoms with Crippen LogP contribution in [0.25, 0.3) is 0 Å². The third-order valence-corrected chi connectivity index (χ3v) is 5.31. The van der Waals surface area contributed by atoms with Crippen molar-refractivity contribution in [2.45, 2.75) is 13.2 Å². The van der Waals surface area contributed by atoms with Crippen LogP contribution in [0.15, 0.2) is 66.7 Å². The molecule has 0 amide bonds. The minimum absolute atomic E-state index is 0.149. The summed E-state index contributed by atoms with van der Waals surface area (Å²) in [6.45, 7) is 4.22. The number of nitrogens with one attached hydrogen (secondary N) is 1. The zero-order valence-corrected chi connectivity index (χ0v) is 17.6. The fraction of sp³-hybridized carbons (Fsp3) is 0.280. The molecule has 0 spiro atoms. The molecule has 0 unspecified atom stereocenters. The van der Waals surface area contributed by atoms with Crippen LogP contribution >= 0.6 is 0 Å². The fourth-order valence-corrected chi connectivity index (χ4v) is 3.53. The van der Waals surface area contributed by atoms with Gasteiger partial charge in [-0.25, -0.2) is 4.39 Å². The molecule has 1 aliphatic heterocycles. The summed E-state index contributed by atoms with van der Waals surface area (Å²) in [4.78, 5) is 2.33. The topological polar surface area (TPSA) is 43.0 Å². The van der Waals surface area contributed by atoms with Crippen LogP contribution < -0.4 is 19.7 Å². The van der Waals surface area contributed by atoms with E-state index in [0.29, 0.717) is 23.6 Å². The molecule has 162 valence electrons. The lowest BCUT2D eigenvalue weighted by atomic mass is 10.2. The number of hydrogen-bond acceptors (Lipinski definition) is 5. The number of morpholine rings is 1. The number of ether oxygens (including phenoxy) is 3. The van der Waals surface area contributed by atoms with Crippen LogP contribution in [0.1, 0.15) is 11.1 Å². The van der Waals surface area contributed by atoms with E-state index in [4.69, 9.17) is 14.2 Å². The van der Waals surface area contributed by atoms with Gasteiger partial charge in [0.1, 0.15) is 12.4 Å². The molecule has 5 nitrogen and oxygen atoms in total. The van der Waals surface area contributed by atoms with Crippen LogP contribution in [-0.4, -0.2) is 33.4 Å². The first-order chi connectivity index (χ1) is 15.2. The molecule has 0 atom stereocenters. The van der Waals surface area contributed by atoms with Crippen molar-refractivity contribution in [3.05, 3.63) is 83.7 Å². The summed E-state index contributed by atoms with van der Waals surface area (Å²) in [7, 11) is 1.60. The lowest BCUT2D eigenvalue weighted by molar-refractivity contribution is 0.122. The average molecular weight is 423 g/mol. The van der Waals surface area contributed by atoms with E-state index in [1.54, 1.807) is 25.3 Å². The molecule has 1 fully saturated rings. The van der Waals surface area contributed by atoms with Gasteiger partial charge in [-0.15, -0.1) is 0 Å². The lowest BCUT2D eigenvalue weighted by Crippen LogP contribution is -2.36. The Balaban J connectivity index is 1.35. The number of hydrogen-bond donors (Lipinski definition) is 1. The molecule has 31 heavy (non-hydrogen) atoms. The molecule has 3 aromatic carbocycles. The van der Waals surface area contributed by atoms with Gasteiger partial charge in [0.2, 0.25) is 0 Å². The van der Waals surface area contributed by atoms with Crippen LogP contribution in [-0.2, 0) is 17.9 Å². The van der Waals surface area contributed by atoms with Gasteiger partial charge in [0, 0.05) is 36.6 Å². The summed E-state index contributed by atoms with van der Waals surface area (Å²) in [5.74, 6) is 0.935. The predicted molar refractivity (Wildman–Crippen MR) is 121 cm³/mol. The highest BCUT2D eigenvalue weighted by molar-refractivity contribution is 5.55. The summed E-state index contributed by atoms with van der Waals surface area (Å²) in [5.41, 5.74) is 3.84. The summed E-state index contributed by atoms with van der Waals surface area (Å²) in [5, 5.41) is 3.44. The van der Waals surface area contributed by atoms with E-state index in [2.05, 4.69) is 34.5 Å². The Morgan fingerprint density at radius 1 is 0.968 bits per heavy atom. The molecule has 0 radical (unpaired) electrons. The maximum atomic E-state index is 13.8. The average Bonchev–Trinajstić information content (AvgIpc) is 2.83. The van der Waals surface area contributed by atoms with E-state index in [-0.39, 0.29) is 12.4 Å². The molecule has 1 heterocycles. The van der Waals surface area contributed by atoms with E-state index in [1.807, 2.05) is 18.2 Å². The standard InChI is InChI=1S/C25H27FN2O3/c1-29-25-16-19(6-11-24(25)31-18-20-4-2-3-5-23(20)26)17-27-21-7-9-22(10-8-21)28-12-14-30-15-13-28/h2-11,16,27H,12-15,17-18H2,1H3. The number of halogens is 1. The van der Waals surface area contributed by atoms with Gasteiger partial charge in [-0.2, -0.15) is 0 Å². The monoisotopic (exact) mass is 422 g/mol. The third-order valence-electron chi connectivity index (χ3n) is 5.31. The van der Waals surface area contributed by atoms with Gasteiger partial charge >= 0.3 is 0 Å². The molecule has 0 aromatic heterocycles. The summed E-state index contributed by atoms with van der Waals surface area (Å²) < 4.78 is 30.5. The third kappa shape index (κ3) is 5.47. The van der Waals surface area contributed by atoms with Crippen molar-refractivity contribution in [3.8, 4) is 11.5 Å². The van der Waals surface area contributed by atoms with Crippen LogP contribution in [0, 0.1) is 5.82 Å². The van der Waals surface area contributed by atoms with Crippen molar-refractivity contribution in [2.75, 3.05) is 43.6 Å². The molecule has 0 aliphatic carbocycles. The quantitative estimate of drug-likeness (QED) is 0.562. The van der Waals surface area contributed by atoms with Crippen LogP contribution in [0.2, 0.25) is 0 Å². The van der Waals surface area contributed by atoms with Gasteiger partial charge in [-0.1, -0.05) is 24.3 Å². The van der Waals surface area contributed by atoms with Crippen LogP contribution in [0.3, 0.4) is 0 Å². The first kappa shape index (κ1) is 21.0. The highest BCUT2D eigenvalue weighted by atomic mass is 19.1. The molecule has 1 aliphatic rings. The Bertz CT molecular complexity index is 988. The Kier molecular flexibility index (Phi) is 6.89. The predicted octanol–water partition coefficient (Wildman–Crippen LogP) is 4.86. The second-order valence-corrected chi connectivity index (χ2v) is 7.37. The van der Waals surface area contributed by atoms with Crippen LogP contribution in [0.5, 0.6) is 11.5 Å². The second-order valence-electron chi connectivity index (χ2n) is 7.37. The van der Waals surface area contributed by atoms with Crippen molar-refractivity contribution in [2.24, 2.45) is 0 Å². The Labute approximate surface area is 182 Å². The van der Waals surface area contributed by atoms with E-state index in [9.17, 15) is 4.39 Å². The van der Waals surface area contributed by atoms with Gasteiger partial charge in [0.05, 0.1) is 20.3 Å². The number of nitrogens with zero attached hydrogens (tertiary/aromatic N) is 1. The highest BCUT2D eigenvalue weighted by Gasteiger charge is 2.11. The SMILES string of the molecule is COc1cc(CNc2ccc(N3CCOCC3)cc2)ccc1OCc1ccccc1F. The molecule has 0 bridgehead atoms. The largest absolute Gasteiger partial charge is 0.493 e. The molecule has 3 aromatic rings. The number of benzene rings is 3. The minimum Gasteiger partial charge on any atom is -0.493 e. The van der Waals surface area contributed by atoms with Gasteiger partial charge < -0.3 is 24.4 Å². The van der Waals surface area contributed by atoms with E-state index < -0.39 is 0 Å². The van der Waals surface area contributed by atoms with E-state index in [0.717, 1.165) is 37.6 Å².